The van der Waals surface area contributed by atoms with Gasteiger partial charge >= 0.3 is 5.97 Å². The van der Waals surface area contributed by atoms with Crippen LogP contribution in [-0.4, -0.2) is 22.0 Å². The predicted molar refractivity (Wildman–Crippen MR) is 104 cm³/mol. The Kier molecular flexibility index (Phi) is 6.83. The molecule has 5 nitrogen and oxygen atoms in total. The second-order valence-corrected chi connectivity index (χ2v) is 7.46. The Labute approximate surface area is 160 Å². The lowest BCUT2D eigenvalue weighted by Crippen LogP contribution is -2.06. The molecule has 27 heavy (non-hydrogen) atoms. The second-order valence-electron chi connectivity index (χ2n) is 7.46. The maximum atomic E-state index is 11.7. The molecule has 1 aromatic rings. The third kappa shape index (κ3) is 5.22. The van der Waals surface area contributed by atoms with Crippen molar-refractivity contribution in [2.75, 3.05) is 0 Å². The summed E-state index contributed by atoms with van der Waals surface area (Å²) in [5.74, 6) is -0.342. The summed E-state index contributed by atoms with van der Waals surface area (Å²) in [6.07, 6.45) is 6.50. The van der Waals surface area contributed by atoms with E-state index in [1.54, 1.807) is 0 Å². The van der Waals surface area contributed by atoms with Crippen molar-refractivity contribution < 1.29 is 24.5 Å². The lowest BCUT2D eigenvalue weighted by atomic mass is 9.98. The Balaban J connectivity index is 1.99. The molecule has 0 bridgehead atoms. The van der Waals surface area contributed by atoms with Crippen LogP contribution in [0.3, 0.4) is 0 Å². The molecule has 0 aliphatic carbocycles. The van der Waals surface area contributed by atoms with Crippen molar-refractivity contribution in [3.63, 3.8) is 0 Å². The minimum absolute atomic E-state index is 0.0347. The number of esters is 1. The molecule has 0 amide bonds. The van der Waals surface area contributed by atoms with Gasteiger partial charge in [-0.05, 0) is 39.2 Å². The average molecular weight is 372 g/mol. The molecule has 0 atom stereocenters. The fourth-order valence-corrected chi connectivity index (χ4v) is 2.89. The average Bonchev–Trinajstić information content (AvgIpc) is 2.98. The fourth-order valence-electron chi connectivity index (χ4n) is 2.89. The van der Waals surface area contributed by atoms with Crippen LogP contribution in [0.15, 0.2) is 29.4 Å². The Morgan fingerprint density at radius 2 is 1.89 bits per heavy atom. The number of phenols is 2. The standard InChI is InChI=1S/C22H28O5/c1-13(2)19(23)10-8-15(4)6-5-14(3)7-9-16-20(24)11-17-18(21(16)25)12-27-22(17)26/h6-7,11,13,24-25H,5,8-10,12H2,1-4H3/b14-7+,15-6+. The zero-order valence-electron chi connectivity index (χ0n) is 16.5. The van der Waals surface area contributed by atoms with Crippen molar-refractivity contribution in [1.29, 1.82) is 0 Å². The first-order valence-corrected chi connectivity index (χ1v) is 9.28. The van der Waals surface area contributed by atoms with E-state index in [1.807, 2.05) is 33.8 Å². The summed E-state index contributed by atoms with van der Waals surface area (Å²) in [5, 5.41) is 20.5. The summed E-state index contributed by atoms with van der Waals surface area (Å²) in [6.45, 7) is 7.88. The molecule has 2 rings (SSSR count). The van der Waals surface area contributed by atoms with E-state index in [0.29, 0.717) is 24.0 Å². The van der Waals surface area contributed by atoms with Gasteiger partial charge in [0.25, 0.3) is 0 Å². The van der Waals surface area contributed by atoms with E-state index in [0.717, 1.165) is 18.4 Å². The molecule has 0 spiro atoms. The Bertz CT molecular complexity index is 799. The molecule has 0 fully saturated rings. The van der Waals surface area contributed by atoms with E-state index in [1.165, 1.54) is 11.6 Å². The highest BCUT2D eigenvalue weighted by atomic mass is 16.5. The Morgan fingerprint density at radius 3 is 2.56 bits per heavy atom. The lowest BCUT2D eigenvalue weighted by Gasteiger charge is -2.09. The number of carbonyl (C=O) groups excluding carboxylic acids is 2. The zero-order chi connectivity index (χ0) is 20.1. The number of ketones is 1. The fraction of sp³-hybridized carbons (Fsp3) is 0.455. The number of hydrogen-bond acceptors (Lipinski definition) is 5. The highest BCUT2D eigenvalue weighted by Gasteiger charge is 2.27. The number of ether oxygens (including phenoxy) is 1. The molecule has 0 aromatic heterocycles. The quantitative estimate of drug-likeness (QED) is 0.515. The van der Waals surface area contributed by atoms with Crippen LogP contribution >= 0.6 is 0 Å². The monoisotopic (exact) mass is 372 g/mol. The first-order chi connectivity index (χ1) is 12.7. The van der Waals surface area contributed by atoms with Crippen molar-refractivity contribution in [1.82, 2.24) is 0 Å². The van der Waals surface area contributed by atoms with Crippen LogP contribution in [0.4, 0.5) is 0 Å². The Morgan fingerprint density at radius 1 is 1.19 bits per heavy atom. The molecule has 0 saturated carbocycles. The van der Waals surface area contributed by atoms with Crippen LogP contribution in [0, 0.1) is 5.92 Å². The van der Waals surface area contributed by atoms with Gasteiger partial charge in [-0.1, -0.05) is 37.1 Å². The molecule has 0 unspecified atom stereocenters. The zero-order valence-corrected chi connectivity index (χ0v) is 16.5. The van der Waals surface area contributed by atoms with Crippen LogP contribution in [0.2, 0.25) is 0 Å². The maximum Gasteiger partial charge on any atom is 0.339 e. The number of benzene rings is 1. The molecular formula is C22H28O5. The van der Waals surface area contributed by atoms with Crippen molar-refractivity contribution in [3.05, 3.63) is 46.1 Å². The summed E-state index contributed by atoms with van der Waals surface area (Å²) in [5.41, 5.74) is 3.33. The summed E-state index contributed by atoms with van der Waals surface area (Å²) in [7, 11) is 0. The third-order valence-corrected chi connectivity index (χ3v) is 4.89. The van der Waals surface area contributed by atoms with E-state index in [2.05, 4.69) is 6.08 Å². The van der Waals surface area contributed by atoms with Crippen molar-refractivity contribution in [2.45, 2.75) is 60.0 Å². The van der Waals surface area contributed by atoms with E-state index in [4.69, 9.17) is 4.74 Å². The van der Waals surface area contributed by atoms with E-state index in [-0.39, 0.29) is 35.4 Å². The minimum atomic E-state index is -0.523. The van der Waals surface area contributed by atoms with Crippen LogP contribution in [0.1, 0.15) is 68.4 Å². The van der Waals surface area contributed by atoms with Crippen molar-refractivity contribution >= 4 is 11.8 Å². The third-order valence-electron chi connectivity index (χ3n) is 4.89. The molecule has 0 radical (unpaired) electrons. The van der Waals surface area contributed by atoms with Gasteiger partial charge in [-0.25, -0.2) is 4.79 Å². The van der Waals surface area contributed by atoms with Gasteiger partial charge in [0.2, 0.25) is 0 Å². The van der Waals surface area contributed by atoms with Crippen LogP contribution < -0.4 is 0 Å². The summed E-state index contributed by atoms with van der Waals surface area (Å²) < 4.78 is 4.90. The summed E-state index contributed by atoms with van der Waals surface area (Å²) in [4.78, 5) is 23.2. The van der Waals surface area contributed by atoms with Gasteiger partial charge in [0.15, 0.2) is 0 Å². The predicted octanol–water partition coefficient (Wildman–Crippen LogP) is 4.60. The number of Topliss-reactive ketones (excluding diaryl/α,β-unsaturated/α-hetero) is 1. The molecular weight excluding hydrogens is 344 g/mol. The van der Waals surface area contributed by atoms with Gasteiger partial charge in [0.05, 0.1) is 5.56 Å². The molecule has 2 N–H and O–H groups in total. The van der Waals surface area contributed by atoms with Crippen LogP contribution in [0.5, 0.6) is 11.5 Å². The smallest absolute Gasteiger partial charge is 0.339 e. The van der Waals surface area contributed by atoms with E-state index in [9.17, 15) is 19.8 Å². The van der Waals surface area contributed by atoms with Crippen LogP contribution in [0.25, 0.3) is 0 Å². The molecule has 5 heteroatoms. The second kappa shape index (κ2) is 8.89. The van der Waals surface area contributed by atoms with E-state index < -0.39 is 5.97 Å². The maximum absolute atomic E-state index is 11.7. The summed E-state index contributed by atoms with van der Waals surface area (Å²) in [6, 6.07) is 1.36. The molecule has 1 aliphatic heterocycles. The minimum Gasteiger partial charge on any atom is -0.507 e. The van der Waals surface area contributed by atoms with Gasteiger partial charge in [0, 0.05) is 23.5 Å². The Hall–Kier alpha value is -2.56. The van der Waals surface area contributed by atoms with Gasteiger partial charge < -0.3 is 14.9 Å². The highest BCUT2D eigenvalue weighted by Crippen LogP contribution is 2.38. The highest BCUT2D eigenvalue weighted by molar-refractivity contribution is 5.95. The lowest BCUT2D eigenvalue weighted by molar-refractivity contribution is -0.121. The van der Waals surface area contributed by atoms with Gasteiger partial charge in [0.1, 0.15) is 23.9 Å². The largest absolute Gasteiger partial charge is 0.507 e. The van der Waals surface area contributed by atoms with Gasteiger partial charge in [-0.15, -0.1) is 0 Å². The number of fused-ring (bicyclic) bond motifs is 1. The van der Waals surface area contributed by atoms with Gasteiger partial charge in [-0.2, -0.15) is 0 Å². The normalized spacial score (nSPS) is 14.5. The first-order valence-electron chi connectivity index (χ1n) is 9.28. The molecule has 1 heterocycles. The van der Waals surface area contributed by atoms with Crippen LogP contribution in [-0.2, 0) is 22.6 Å². The van der Waals surface area contributed by atoms with Crippen molar-refractivity contribution in [3.8, 4) is 11.5 Å². The SMILES string of the molecule is C/C(=C\Cc1c(O)cc2c(c1O)COC2=O)C/C=C(\C)CCC(=O)C(C)C. The number of hydrogen-bond donors (Lipinski definition) is 2. The number of cyclic esters (lactones) is 1. The number of carbonyl (C=O) groups is 2. The molecule has 146 valence electrons. The first kappa shape index (κ1) is 20.7. The molecule has 1 aliphatic rings. The summed E-state index contributed by atoms with van der Waals surface area (Å²) >= 11 is 0. The van der Waals surface area contributed by atoms with Crippen molar-refractivity contribution in [2.24, 2.45) is 5.92 Å². The number of allylic oxidation sites excluding steroid dienone is 4. The number of phenolic OH excluding ortho intramolecular Hbond substituents is 2. The van der Waals surface area contributed by atoms with E-state index >= 15 is 0 Å². The topological polar surface area (TPSA) is 83.8 Å². The molecule has 0 saturated heterocycles. The van der Waals surface area contributed by atoms with Gasteiger partial charge in [-0.3, -0.25) is 4.79 Å². The number of rotatable bonds is 8. The molecule has 1 aromatic carbocycles. The number of aromatic hydroxyl groups is 2.